The predicted octanol–water partition coefficient (Wildman–Crippen LogP) is 3.10. The Bertz CT molecular complexity index is 1070. The summed E-state index contributed by atoms with van der Waals surface area (Å²) in [4.78, 5) is 12.2. The number of halogens is 3. The van der Waals surface area contributed by atoms with Gasteiger partial charge in [-0.25, -0.2) is 13.1 Å². The lowest BCUT2D eigenvalue weighted by molar-refractivity contribution is -0.186. The second-order valence-corrected chi connectivity index (χ2v) is 9.03. The molecule has 1 N–H and O–H groups in total. The summed E-state index contributed by atoms with van der Waals surface area (Å²) in [6.45, 7) is -0.308. The lowest BCUT2D eigenvalue weighted by Crippen LogP contribution is -2.43. The number of amides is 1. The quantitative estimate of drug-likeness (QED) is 0.824. The molecule has 0 saturated heterocycles. The number of carbonyl (C=O) groups is 1. The molecule has 1 atom stereocenters. The summed E-state index contributed by atoms with van der Waals surface area (Å²) in [5.74, 6) is -1.91. The van der Waals surface area contributed by atoms with Crippen molar-refractivity contribution >= 4 is 15.9 Å². The molecule has 2 aromatic rings. The van der Waals surface area contributed by atoms with Crippen LogP contribution in [0.15, 0.2) is 47.4 Å². The van der Waals surface area contributed by atoms with Gasteiger partial charge in [-0.1, -0.05) is 30.3 Å². The van der Waals surface area contributed by atoms with Gasteiger partial charge >= 0.3 is 12.1 Å². The molecule has 9 heteroatoms. The van der Waals surface area contributed by atoms with Crippen LogP contribution < -0.4 is 4.72 Å². The Kier molecular flexibility index (Phi) is 4.90. The third-order valence-corrected chi connectivity index (χ3v) is 6.93. The first-order chi connectivity index (χ1) is 13.6. The number of rotatable bonds is 3. The SMILES string of the molecule is O=C(N1CCc2ccc(S(=O)(=O)NC3CCc4ccccc43)cc2C1)C(F)(F)F. The molecule has 5 nitrogen and oxygen atoms in total. The van der Waals surface area contributed by atoms with Crippen molar-refractivity contribution in [3.8, 4) is 0 Å². The van der Waals surface area contributed by atoms with Crippen LogP contribution in [0.25, 0.3) is 0 Å². The summed E-state index contributed by atoms with van der Waals surface area (Å²) in [6.07, 6.45) is -3.26. The highest BCUT2D eigenvalue weighted by Gasteiger charge is 2.43. The van der Waals surface area contributed by atoms with Crippen LogP contribution in [0.3, 0.4) is 0 Å². The molecule has 2 aromatic carbocycles. The van der Waals surface area contributed by atoms with E-state index in [1.165, 1.54) is 12.1 Å². The Morgan fingerprint density at radius 3 is 2.55 bits per heavy atom. The van der Waals surface area contributed by atoms with Crippen molar-refractivity contribution < 1.29 is 26.4 Å². The highest BCUT2D eigenvalue weighted by atomic mass is 32.2. The van der Waals surface area contributed by atoms with E-state index >= 15 is 0 Å². The topological polar surface area (TPSA) is 66.5 Å². The smallest absolute Gasteiger partial charge is 0.330 e. The number of carbonyl (C=O) groups excluding carboxylic acids is 1. The van der Waals surface area contributed by atoms with E-state index in [2.05, 4.69) is 4.72 Å². The average molecular weight is 424 g/mol. The zero-order valence-electron chi connectivity index (χ0n) is 15.4. The van der Waals surface area contributed by atoms with Crippen molar-refractivity contribution in [3.05, 3.63) is 64.7 Å². The van der Waals surface area contributed by atoms with Gasteiger partial charge in [-0.3, -0.25) is 4.79 Å². The van der Waals surface area contributed by atoms with Crippen molar-refractivity contribution in [2.45, 2.75) is 42.9 Å². The zero-order chi connectivity index (χ0) is 20.8. The molecule has 2 aliphatic rings. The molecular weight excluding hydrogens is 405 g/mol. The minimum absolute atomic E-state index is 0.0121. The molecule has 0 fully saturated rings. The van der Waals surface area contributed by atoms with Gasteiger partial charge in [0.15, 0.2) is 0 Å². The van der Waals surface area contributed by atoms with Gasteiger partial charge in [0.05, 0.1) is 4.90 Å². The number of sulfonamides is 1. The van der Waals surface area contributed by atoms with E-state index in [0.29, 0.717) is 16.9 Å². The largest absolute Gasteiger partial charge is 0.471 e. The third-order valence-electron chi connectivity index (χ3n) is 5.46. The van der Waals surface area contributed by atoms with Crippen LogP contribution in [0.1, 0.15) is 34.7 Å². The van der Waals surface area contributed by atoms with Crippen LogP contribution in [0.2, 0.25) is 0 Å². The number of alkyl halides is 3. The molecular formula is C20H19F3N2O3S. The standard InChI is InChI=1S/C20H19F3N2O3S/c21-20(22,23)19(26)25-10-9-13-5-7-16(11-15(13)12-25)29(27,28)24-18-8-6-14-3-1-2-4-17(14)18/h1-5,7,11,18,24H,6,8-10,12H2. The molecule has 0 spiro atoms. The Morgan fingerprint density at radius 1 is 1.03 bits per heavy atom. The molecule has 1 unspecified atom stereocenters. The Balaban J connectivity index is 1.57. The molecule has 4 rings (SSSR count). The Morgan fingerprint density at radius 2 is 1.79 bits per heavy atom. The first kappa shape index (κ1) is 19.9. The normalized spacial score (nSPS) is 19.0. The van der Waals surface area contributed by atoms with Crippen molar-refractivity contribution in [2.75, 3.05) is 6.54 Å². The van der Waals surface area contributed by atoms with Gasteiger partial charge < -0.3 is 4.90 Å². The van der Waals surface area contributed by atoms with Gasteiger partial charge in [0.1, 0.15) is 0 Å². The summed E-state index contributed by atoms with van der Waals surface area (Å²) in [7, 11) is -3.86. The number of hydrogen-bond acceptors (Lipinski definition) is 3. The van der Waals surface area contributed by atoms with E-state index in [1.807, 2.05) is 24.3 Å². The van der Waals surface area contributed by atoms with Crippen LogP contribution in [0.4, 0.5) is 13.2 Å². The second kappa shape index (κ2) is 7.14. The summed E-state index contributed by atoms with van der Waals surface area (Å²) in [5.41, 5.74) is 3.22. The molecule has 0 saturated carbocycles. The third kappa shape index (κ3) is 3.89. The van der Waals surface area contributed by atoms with Gasteiger partial charge in [0.2, 0.25) is 10.0 Å². The lowest BCUT2D eigenvalue weighted by atomic mass is 10.00. The van der Waals surface area contributed by atoms with E-state index in [1.54, 1.807) is 6.07 Å². The van der Waals surface area contributed by atoms with Gasteiger partial charge in [-0.05, 0) is 53.6 Å². The zero-order valence-corrected chi connectivity index (χ0v) is 16.2. The minimum Gasteiger partial charge on any atom is -0.330 e. The molecule has 0 bridgehead atoms. The molecule has 0 radical (unpaired) electrons. The molecule has 29 heavy (non-hydrogen) atoms. The van der Waals surface area contributed by atoms with E-state index in [0.717, 1.165) is 23.1 Å². The van der Waals surface area contributed by atoms with Crippen molar-refractivity contribution in [3.63, 3.8) is 0 Å². The summed E-state index contributed by atoms with van der Waals surface area (Å²) >= 11 is 0. The summed E-state index contributed by atoms with van der Waals surface area (Å²) < 4.78 is 66.7. The first-order valence-corrected chi connectivity index (χ1v) is 10.7. The van der Waals surface area contributed by atoms with Crippen molar-refractivity contribution in [1.82, 2.24) is 9.62 Å². The molecule has 1 amide bonds. The van der Waals surface area contributed by atoms with Crippen LogP contribution in [0, 0.1) is 0 Å². The van der Waals surface area contributed by atoms with Crippen LogP contribution in [0.5, 0.6) is 0 Å². The molecule has 1 aliphatic heterocycles. The van der Waals surface area contributed by atoms with Gasteiger partial charge in [-0.2, -0.15) is 13.2 Å². The van der Waals surface area contributed by atoms with Crippen molar-refractivity contribution in [2.24, 2.45) is 0 Å². The second-order valence-electron chi connectivity index (χ2n) is 7.32. The molecule has 1 aliphatic carbocycles. The summed E-state index contributed by atoms with van der Waals surface area (Å²) in [6, 6.07) is 11.7. The highest BCUT2D eigenvalue weighted by Crippen LogP contribution is 2.33. The van der Waals surface area contributed by atoms with E-state index < -0.39 is 22.1 Å². The fourth-order valence-corrected chi connectivity index (χ4v) is 5.29. The number of hydrogen-bond donors (Lipinski definition) is 1. The van der Waals surface area contributed by atoms with E-state index in [4.69, 9.17) is 0 Å². The number of nitrogens with one attached hydrogen (secondary N) is 1. The molecule has 1 heterocycles. The Hall–Kier alpha value is -2.39. The average Bonchev–Trinajstić information content (AvgIpc) is 3.08. The highest BCUT2D eigenvalue weighted by molar-refractivity contribution is 7.89. The summed E-state index contributed by atoms with van der Waals surface area (Å²) in [5, 5.41) is 0. The predicted molar refractivity (Wildman–Crippen MR) is 99.4 cm³/mol. The number of nitrogens with zero attached hydrogens (tertiary/aromatic N) is 1. The van der Waals surface area contributed by atoms with E-state index in [9.17, 15) is 26.4 Å². The maximum absolute atomic E-state index is 12.9. The fraction of sp³-hybridized carbons (Fsp3) is 0.350. The Labute approximate surface area is 166 Å². The van der Waals surface area contributed by atoms with Crippen molar-refractivity contribution in [1.29, 1.82) is 0 Å². The monoisotopic (exact) mass is 424 g/mol. The van der Waals surface area contributed by atoms with Crippen LogP contribution in [-0.4, -0.2) is 31.9 Å². The van der Waals surface area contributed by atoms with Gasteiger partial charge in [0.25, 0.3) is 0 Å². The van der Waals surface area contributed by atoms with Gasteiger partial charge in [0, 0.05) is 19.1 Å². The van der Waals surface area contributed by atoms with E-state index in [-0.39, 0.29) is 30.4 Å². The lowest BCUT2D eigenvalue weighted by Gasteiger charge is -2.29. The maximum atomic E-state index is 12.9. The number of fused-ring (bicyclic) bond motifs is 2. The fourth-order valence-electron chi connectivity index (χ4n) is 3.99. The van der Waals surface area contributed by atoms with Crippen LogP contribution in [-0.2, 0) is 34.2 Å². The van der Waals surface area contributed by atoms with Gasteiger partial charge in [-0.15, -0.1) is 0 Å². The number of benzene rings is 2. The number of aryl methyl sites for hydroxylation is 1. The maximum Gasteiger partial charge on any atom is 0.471 e. The first-order valence-electron chi connectivity index (χ1n) is 9.23. The molecule has 0 aromatic heterocycles. The molecule has 154 valence electrons. The van der Waals surface area contributed by atoms with Crippen LogP contribution >= 0.6 is 0 Å². The minimum atomic E-state index is -4.95.